The number of nitrogens with one attached hydrogen (secondary N) is 1. The molecule has 0 bridgehead atoms. The lowest BCUT2D eigenvalue weighted by molar-refractivity contribution is -0.758. The molecule has 0 saturated heterocycles. The van der Waals surface area contributed by atoms with E-state index >= 15 is 0 Å². The number of anilines is 1. The fraction of sp³-hybridized carbons (Fsp3) is 0.351. The molecule has 1 amide bonds. The number of nitrogens with zero attached hydrogens (tertiary/aromatic N) is 2. The Balaban J connectivity index is 1.57. The van der Waals surface area contributed by atoms with Gasteiger partial charge in [0.1, 0.15) is 19.0 Å². The van der Waals surface area contributed by atoms with Gasteiger partial charge in [-0.1, -0.05) is 62.4 Å². The van der Waals surface area contributed by atoms with E-state index in [2.05, 4.69) is 10.2 Å². The molecule has 3 N–H and O–H groups in total. The molecule has 266 valence electrons. The number of aliphatic hydroxyl groups excluding tert-OH is 2. The highest BCUT2D eigenvalue weighted by Crippen LogP contribution is 2.42. The first-order valence-corrected chi connectivity index (χ1v) is 16.4. The van der Waals surface area contributed by atoms with Crippen molar-refractivity contribution in [2.24, 2.45) is 0 Å². The summed E-state index contributed by atoms with van der Waals surface area (Å²) in [6.07, 6.45) is -2.51. The smallest absolute Gasteiger partial charge is 0.308 e. The summed E-state index contributed by atoms with van der Waals surface area (Å²) in [6.45, 7) is 3.77. The number of hydrogen-bond donors (Lipinski definition) is 3. The number of benzene rings is 3. The van der Waals surface area contributed by atoms with E-state index in [1.54, 1.807) is 24.3 Å². The molecule has 13 heteroatoms. The molecule has 50 heavy (non-hydrogen) atoms. The molecule has 0 radical (unpaired) electrons. The summed E-state index contributed by atoms with van der Waals surface area (Å²) in [5, 5.41) is 33.8. The van der Waals surface area contributed by atoms with Crippen LogP contribution in [0.3, 0.4) is 0 Å². The topological polar surface area (TPSA) is 162 Å². The first-order chi connectivity index (χ1) is 24.0. The van der Waals surface area contributed by atoms with E-state index in [-0.39, 0.29) is 64.1 Å². The van der Waals surface area contributed by atoms with E-state index in [1.165, 1.54) is 12.1 Å². The van der Waals surface area contributed by atoms with Gasteiger partial charge in [0.25, 0.3) is 11.0 Å². The first-order valence-electron chi connectivity index (χ1n) is 16.4. The van der Waals surface area contributed by atoms with Crippen molar-refractivity contribution in [2.45, 2.75) is 57.8 Å². The fourth-order valence-corrected chi connectivity index (χ4v) is 5.74. The molecule has 1 aromatic heterocycles. The second-order valence-corrected chi connectivity index (χ2v) is 11.9. The highest BCUT2D eigenvalue weighted by Gasteiger charge is 2.31. The quantitative estimate of drug-likeness (QED) is 0.0464. The van der Waals surface area contributed by atoms with E-state index in [4.69, 9.17) is 9.47 Å². The summed E-state index contributed by atoms with van der Waals surface area (Å²) >= 11 is 0. The van der Waals surface area contributed by atoms with E-state index in [1.807, 2.05) is 66.9 Å². The highest BCUT2D eigenvalue weighted by molar-refractivity contribution is 6.12. The molecular formula is C37H42FN3O9. The average Bonchev–Trinajstić information content (AvgIpc) is 3.43. The summed E-state index contributed by atoms with van der Waals surface area (Å²) in [5.74, 6) is -1.56. The fourth-order valence-electron chi connectivity index (χ4n) is 5.74. The Bertz CT molecular complexity index is 1700. The standard InChI is InChI=1S/C37H42FN3O9/c1-25(2)35-34(37(45)39-29-11-7-4-8-12-29)33(26-9-5-3-6-10-26)36(27-13-15-28(38)16-14-27)40(35)18-17-30(42)23-31(43)24-32(44)49-21-19-48-20-22-50-41(46)47/h3-16,25,30-31,42-43H,17-24H2,1-2H3,(H,39,45)/t30-,31-/m1/s1. The van der Waals surface area contributed by atoms with E-state index < -0.39 is 29.1 Å². The van der Waals surface area contributed by atoms with Crippen LogP contribution < -0.4 is 5.32 Å². The number of hydrogen-bond acceptors (Lipinski definition) is 9. The van der Waals surface area contributed by atoms with Gasteiger partial charge < -0.3 is 34.4 Å². The summed E-state index contributed by atoms with van der Waals surface area (Å²) in [7, 11) is 0. The summed E-state index contributed by atoms with van der Waals surface area (Å²) in [4.78, 5) is 40.6. The molecule has 0 aliphatic rings. The zero-order valence-electron chi connectivity index (χ0n) is 28.0. The number of rotatable bonds is 19. The van der Waals surface area contributed by atoms with Crippen LogP contribution in [0.2, 0.25) is 0 Å². The van der Waals surface area contributed by atoms with Crippen molar-refractivity contribution in [3.63, 3.8) is 0 Å². The van der Waals surface area contributed by atoms with E-state index in [0.717, 1.165) is 11.3 Å². The van der Waals surface area contributed by atoms with Crippen molar-refractivity contribution >= 4 is 17.6 Å². The van der Waals surface area contributed by atoms with Gasteiger partial charge in [-0.3, -0.25) is 9.59 Å². The molecule has 0 aliphatic carbocycles. The molecule has 0 fully saturated rings. The third-order valence-electron chi connectivity index (χ3n) is 7.84. The van der Waals surface area contributed by atoms with Crippen LogP contribution in [-0.4, -0.2) is 70.4 Å². The zero-order valence-corrected chi connectivity index (χ0v) is 28.0. The predicted octanol–water partition coefficient (Wildman–Crippen LogP) is 6.00. The molecule has 0 unspecified atom stereocenters. The van der Waals surface area contributed by atoms with Gasteiger partial charge in [0.2, 0.25) is 0 Å². The van der Waals surface area contributed by atoms with E-state index in [9.17, 15) is 34.3 Å². The molecule has 12 nitrogen and oxygen atoms in total. The third-order valence-corrected chi connectivity index (χ3v) is 7.84. The van der Waals surface area contributed by atoms with Crippen LogP contribution in [0.4, 0.5) is 10.1 Å². The normalized spacial score (nSPS) is 12.4. The SMILES string of the molecule is CC(C)c1c(C(=O)Nc2ccccc2)c(-c2ccccc2)c(-c2ccc(F)cc2)n1CC[C@@H](O)C[C@@H](O)CC(=O)OCCOCCO[N+](=O)[O-]. The summed E-state index contributed by atoms with van der Waals surface area (Å²) in [6, 6.07) is 24.6. The maximum atomic E-state index is 14.2. The maximum absolute atomic E-state index is 14.2. The van der Waals surface area contributed by atoms with Crippen molar-refractivity contribution in [1.29, 1.82) is 0 Å². The van der Waals surface area contributed by atoms with Crippen LogP contribution in [0, 0.1) is 15.9 Å². The van der Waals surface area contributed by atoms with Crippen LogP contribution in [0.1, 0.15) is 55.1 Å². The van der Waals surface area contributed by atoms with Gasteiger partial charge in [0.15, 0.2) is 0 Å². The number of para-hydroxylation sites is 1. The number of esters is 1. The number of halogens is 1. The van der Waals surface area contributed by atoms with Gasteiger partial charge in [0, 0.05) is 23.5 Å². The van der Waals surface area contributed by atoms with Gasteiger partial charge in [-0.05, 0) is 66.3 Å². The van der Waals surface area contributed by atoms with Gasteiger partial charge in [-0.2, -0.15) is 0 Å². The average molecular weight is 692 g/mol. The zero-order chi connectivity index (χ0) is 36.0. The number of aliphatic hydroxyl groups is 2. The lowest BCUT2D eigenvalue weighted by Crippen LogP contribution is -2.24. The molecule has 0 aliphatic heterocycles. The first kappa shape index (κ1) is 37.7. The Morgan fingerprint density at radius 2 is 1.52 bits per heavy atom. The molecule has 4 aromatic rings. The van der Waals surface area contributed by atoms with Crippen LogP contribution in [0.5, 0.6) is 0 Å². The van der Waals surface area contributed by atoms with Crippen molar-refractivity contribution in [3.05, 3.63) is 112 Å². The molecule has 3 aromatic carbocycles. The molecule has 2 atom stereocenters. The van der Waals surface area contributed by atoms with Crippen LogP contribution >= 0.6 is 0 Å². The van der Waals surface area contributed by atoms with Crippen LogP contribution in [-0.2, 0) is 25.7 Å². The number of carbonyl (C=O) groups is 2. The van der Waals surface area contributed by atoms with Crippen molar-refractivity contribution in [1.82, 2.24) is 4.57 Å². The Labute approximate surface area is 289 Å². The number of ether oxygens (including phenoxy) is 2. The Morgan fingerprint density at radius 3 is 2.16 bits per heavy atom. The highest BCUT2D eigenvalue weighted by atomic mass is 19.1. The Morgan fingerprint density at radius 1 is 0.880 bits per heavy atom. The second-order valence-electron chi connectivity index (χ2n) is 11.9. The van der Waals surface area contributed by atoms with Crippen molar-refractivity contribution in [2.75, 3.05) is 31.7 Å². The monoisotopic (exact) mass is 691 g/mol. The van der Waals surface area contributed by atoms with Crippen molar-refractivity contribution in [3.8, 4) is 22.4 Å². The molecule has 1 heterocycles. The van der Waals surface area contributed by atoms with Gasteiger partial charge >= 0.3 is 5.97 Å². The van der Waals surface area contributed by atoms with Crippen LogP contribution in [0.15, 0.2) is 84.9 Å². The predicted molar refractivity (Wildman–Crippen MR) is 184 cm³/mol. The summed E-state index contributed by atoms with van der Waals surface area (Å²) in [5.41, 5.74) is 4.62. The van der Waals surface area contributed by atoms with Gasteiger partial charge in [-0.15, -0.1) is 10.1 Å². The van der Waals surface area contributed by atoms with Crippen molar-refractivity contribution < 1.29 is 43.6 Å². The van der Waals surface area contributed by atoms with Gasteiger partial charge in [-0.25, -0.2) is 4.39 Å². The Hall–Kier alpha value is -5.11. The number of amides is 1. The molecule has 0 saturated carbocycles. The third kappa shape index (κ3) is 10.7. The van der Waals surface area contributed by atoms with E-state index in [0.29, 0.717) is 28.1 Å². The number of aromatic nitrogens is 1. The lowest BCUT2D eigenvalue weighted by Gasteiger charge is -2.20. The molecular weight excluding hydrogens is 649 g/mol. The maximum Gasteiger partial charge on any atom is 0.308 e. The minimum absolute atomic E-state index is 0.00664. The second kappa shape index (κ2) is 18.6. The van der Waals surface area contributed by atoms with Gasteiger partial charge in [0.05, 0.1) is 43.1 Å². The summed E-state index contributed by atoms with van der Waals surface area (Å²) < 4.78 is 26.2. The van der Waals surface area contributed by atoms with Crippen LogP contribution in [0.25, 0.3) is 22.4 Å². The molecule has 0 spiro atoms. The Kier molecular flexibility index (Phi) is 14.0. The minimum Gasteiger partial charge on any atom is -0.463 e. The lowest BCUT2D eigenvalue weighted by atomic mass is 9.94. The largest absolute Gasteiger partial charge is 0.463 e. The number of carbonyl (C=O) groups excluding carboxylic acids is 2. The minimum atomic E-state index is -1.19. The molecule has 4 rings (SSSR count).